The molecule has 13 heavy (non-hydrogen) atoms. The summed E-state index contributed by atoms with van der Waals surface area (Å²) in [6, 6.07) is 0. The van der Waals surface area contributed by atoms with Crippen molar-refractivity contribution in [2.75, 3.05) is 13.1 Å². The van der Waals surface area contributed by atoms with Crippen molar-refractivity contribution in [1.29, 1.82) is 0 Å². The maximum absolute atomic E-state index is 4.09. The first-order chi connectivity index (χ1) is 6.45. The first-order valence-corrected chi connectivity index (χ1v) is 4.98. The van der Waals surface area contributed by atoms with Crippen molar-refractivity contribution in [3.63, 3.8) is 0 Å². The van der Waals surface area contributed by atoms with Crippen LogP contribution in [-0.4, -0.2) is 27.9 Å². The SMILES string of the molecule is c1ncn(CCC2CCCNC2)n1. The Bertz CT molecular complexity index is 226. The van der Waals surface area contributed by atoms with Crippen molar-refractivity contribution in [1.82, 2.24) is 20.1 Å². The molecule has 1 N–H and O–H groups in total. The molecule has 1 saturated heterocycles. The van der Waals surface area contributed by atoms with E-state index in [1.54, 1.807) is 12.7 Å². The topological polar surface area (TPSA) is 42.7 Å². The maximum Gasteiger partial charge on any atom is 0.137 e. The van der Waals surface area contributed by atoms with E-state index < -0.39 is 0 Å². The van der Waals surface area contributed by atoms with Crippen molar-refractivity contribution in [2.24, 2.45) is 5.92 Å². The number of hydrogen-bond acceptors (Lipinski definition) is 3. The molecule has 0 amide bonds. The summed E-state index contributed by atoms with van der Waals surface area (Å²) in [5.41, 5.74) is 0. The van der Waals surface area contributed by atoms with Gasteiger partial charge < -0.3 is 5.32 Å². The van der Waals surface area contributed by atoms with Gasteiger partial charge in [0.15, 0.2) is 0 Å². The number of nitrogens with zero attached hydrogens (tertiary/aromatic N) is 3. The third kappa shape index (κ3) is 2.52. The Kier molecular flexibility index (Phi) is 2.92. The van der Waals surface area contributed by atoms with Crippen molar-refractivity contribution in [3.8, 4) is 0 Å². The maximum atomic E-state index is 4.09. The van der Waals surface area contributed by atoms with Crippen LogP contribution in [0.15, 0.2) is 12.7 Å². The van der Waals surface area contributed by atoms with Crippen molar-refractivity contribution >= 4 is 0 Å². The molecule has 0 radical (unpaired) electrons. The molecule has 1 fully saturated rings. The van der Waals surface area contributed by atoms with Crippen LogP contribution >= 0.6 is 0 Å². The van der Waals surface area contributed by atoms with Gasteiger partial charge in [0.2, 0.25) is 0 Å². The van der Waals surface area contributed by atoms with Crippen LogP contribution in [0, 0.1) is 5.92 Å². The zero-order valence-electron chi connectivity index (χ0n) is 7.82. The summed E-state index contributed by atoms with van der Waals surface area (Å²) in [6.07, 6.45) is 7.29. The van der Waals surface area contributed by atoms with E-state index in [1.165, 1.54) is 32.4 Å². The Hall–Kier alpha value is -0.900. The van der Waals surface area contributed by atoms with Gasteiger partial charge >= 0.3 is 0 Å². The summed E-state index contributed by atoms with van der Waals surface area (Å²) in [6.45, 7) is 3.38. The van der Waals surface area contributed by atoms with Crippen LogP contribution in [0.5, 0.6) is 0 Å². The molecule has 1 aromatic heterocycles. The second kappa shape index (κ2) is 4.37. The molecule has 0 aliphatic carbocycles. The lowest BCUT2D eigenvalue weighted by Crippen LogP contribution is -2.30. The highest BCUT2D eigenvalue weighted by Gasteiger charge is 2.12. The highest BCUT2D eigenvalue weighted by Crippen LogP contribution is 2.14. The van der Waals surface area contributed by atoms with Gasteiger partial charge in [-0.1, -0.05) is 0 Å². The summed E-state index contributed by atoms with van der Waals surface area (Å²) in [5, 5.41) is 7.51. The van der Waals surface area contributed by atoms with Gasteiger partial charge in [-0.05, 0) is 38.3 Å². The number of nitrogens with one attached hydrogen (secondary N) is 1. The molecule has 1 unspecified atom stereocenters. The summed E-state index contributed by atoms with van der Waals surface area (Å²) < 4.78 is 1.91. The molecule has 1 aliphatic rings. The molecule has 1 aromatic rings. The van der Waals surface area contributed by atoms with Crippen LogP contribution in [0.25, 0.3) is 0 Å². The second-order valence-electron chi connectivity index (χ2n) is 3.66. The number of piperidine rings is 1. The van der Waals surface area contributed by atoms with Gasteiger partial charge in [0.1, 0.15) is 12.7 Å². The van der Waals surface area contributed by atoms with Gasteiger partial charge in [0, 0.05) is 6.54 Å². The summed E-state index contributed by atoms with van der Waals surface area (Å²) in [5.74, 6) is 0.831. The molecule has 0 aromatic carbocycles. The molecule has 0 saturated carbocycles. The molecule has 2 heterocycles. The minimum Gasteiger partial charge on any atom is -0.316 e. The Morgan fingerprint density at radius 3 is 3.23 bits per heavy atom. The van der Waals surface area contributed by atoms with Gasteiger partial charge in [-0.2, -0.15) is 5.10 Å². The lowest BCUT2D eigenvalue weighted by atomic mass is 9.96. The van der Waals surface area contributed by atoms with Crippen LogP contribution in [0.1, 0.15) is 19.3 Å². The first-order valence-electron chi connectivity index (χ1n) is 4.98. The number of aryl methyl sites for hydroxylation is 1. The van der Waals surface area contributed by atoms with E-state index in [2.05, 4.69) is 15.4 Å². The van der Waals surface area contributed by atoms with E-state index in [1.807, 2.05) is 4.68 Å². The van der Waals surface area contributed by atoms with Crippen molar-refractivity contribution in [3.05, 3.63) is 12.7 Å². The minimum atomic E-state index is 0.831. The zero-order valence-corrected chi connectivity index (χ0v) is 7.82. The van der Waals surface area contributed by atoms with Gasteiger partial charge in [-0.3, -0.25) is 4.68 Å². The quantitative estimate of drug-likeness (QED) is 0.743. The molecule has 1 atom stereocenters. The lowest BCUT2D eigenvalue weighted by Gasteiger charge is -2.22. The number of aromatic nitrogens is 3. The fraction of sp³-hybridized carbons (Fsp3) is 0.778. The molecule has 0 spiro atoms. The highest BCUT2D eigenvalue weighted by atomic mass is 15.3. The number of hydrogen-bond donors (Lipinski definition) is 1. The average molecular weight is 180 g/mol. The van der Waals surface area contributed by atoms with E-state index in [9.17, 15) is 0 Å². The normalized spacial score (nSPS) is 23.2. The summed E-state index contributed by atoms with van der Waals surface area (Å²) >= 11 is 0. The standard InChI is InChI=1S/C9H16N4/c1-2-9(6-10-4-1)3-5-13-8-11-7-12-13/h7-10H,1-6H2. The van der Waals surface area contributed by atoms with Crippen molar-refractivity contribution in [2.45, 2.75) is 25.8 Å². The summed E-state index contributed by atoms with van der Waals surface area (Å²) in [7, 11) is 0. The fourth-order valence-electron chi connectivity index (χ4n) is 1.83. The highest BCUT2D eigenvalue weighted by molar-refractivity contribution is 4.69. The Morgan fingerprint density at radius 1 is 1.54 bits per heavy atom. The van der Waals surface area contributed by atoms with Crippen LogP contribution in [-0.2, 0) is 6.54 Å². The molecular formula is C9H16N4. The van der Waals surface area contributed by atoms with E-state index >= 15 is 0 Å². The molecule has 2 rings (SSSR count). The van der Waals surface area contributed by atoms with E-state index in [-0.39, 0.29) is 0 Å². The molecule has 4 heteroatoms. The van der Waals surface area contributed by atoms with Gasteiger partial charge in [-0.25, -0.2) is 4.98 Å². The van der Waals surface area contributed by atoms with Crippen LogP contribution in [0.3, 0.4) is 0 Å². The molecule has 4 nitrogen and oxygen atoms in total. The third-order valence-corrected chi connectivity index (χ3v) is 2.63. The number of rotatable bonds is 3. The predicted molar refractivity (Wildman–Crippen MR) is 50.2 cm³/mol. The smallest absolute Gasteiger partial charge is 0.137 e. The average Bonchev–Trinajstić information content (AvgIpc) is 2.69. The lowest BCUT2D eigenvalue weighted by molar-refractivity contribution is 0.335. The summed E-state index contributed by atoms with van der Waals surface area (Å²) in [4.78, 5) is 3.92. The van der Waals surface area contributed by atoms with Crippen LogP contribution < -0.4 is 5.32 Å². The van der Waals surface area contributed by atoms with E-state index in [0.717, 1.165) is 12.5 Å². The van der Waals surface area contributed by atoms with Crippen molar-refractivity contribution < 1.29 is 0 Å². The van der Waals surface area contributed by atoms with Gasteiger partial charge in [0.05, 0.1) is 0 Å². The molecule has 0 bridgehead atoms. The van der Waals surface area contributed by atoms with Crippen LogP contribution in [0.4, 0.5) is 0 Å². The minimum absolute atomic E-state index is 0.831. The monoisotopic (exact) mass is 180 g/mol. The predicted octanol–water partition coefficient (Wildman–Crippen LogP) is 0.668. The van der Waals surface area contributed by atoms with Gasteiger partial charge in [-0.15, -0.1) is 0 Å². The van der Waals surface area contributed by atoms with Crippen LogP contribution in [0.2, 0.25) is 0 Å². The zero-order chi connectivity index (χ0) is 8.93. The molecule has 72 valence electrons. The Labute approximate surface area is 78.4 Å². The Balaban J connectivity index is 1.72. The largest absolute Gasteiger partial charge is 0.316 e. The first kappa shape index (κ1) is 8.69. The van der Waals surface area contributed by atoms with E-state index in [4.69, 9.17) is 0 Å². The molecular weight excluding hydrogens is 164 g/mol. The Morgan fingerprint density at radius 2 is 2.54 bits per heavy atom. The fourth-order valence-corrected chi connectivity index (χ4v) is 1.83. The second-order valence-corrected chi connectivity index (χ2v) is 3.66. The molecule has 1 aliphatic heterocycles. The van der Waals surface area contributed by atoms with Gasteiger partial charge in [0.25, 0.3) is 0 Å². The van der Waals surface area contributed by atoms with E-state index in [0.29, 0.717) is 0 Å². The third-order valence-electron chi connectivity index (χ3n) is 2.63.